The smallest absolute Gasteiger partial charge is 0.310 e. The molecule has 0 radical (unpaired) electrons. The maximum absolute atomic E-state index is 11.8. The van der Waals surface area contributed by atoms with Crippen LogP contribution >= 0.6 is 15.9 Å². The van der Waals surface area contributed by atoms with Crippen molar-refractivity contribution in [2.75, 3.05) is 27.3 Å². The Morgan fingerprint density at radius 1 is 1.39 bits per heavy atom. The Hall–Kier alpha value is -1.07. The Balaban J connectivity index is 2.32. The summed E-state index contributed by atoms with van der Waals surface area (Å²) in [5.74, 6) is 0.601. The molecule has 5 heteroatoms. The highest BCUT2D eigenvalue weighted by Gasteiger charge is 2.35. The third-order valence-electron chi connectivity index (χ3n) is 3.32. The molecule has 1 saturated heterocycles. The summed E-state index contributed by atoms with van der Waals surface area (Å²) in [6.07, 6.45) is 0. The van der Waals surface area contributed by atoms with Crippen LogP contribution in [-0.2, 0) is 9.53 Å². The Morgan fingerprint density at radius 3 is 2.83 bits per heavy atom. The summed E-state index contributed by atoms with van der Waals surface area (Å²) < 4.78 is 11.1. The van der Waals surface area contributed by atoms with Crippen LogP contribution in [0.2, 0.25) is 0 Å². The molecule has 1 fully saturated rings. The van der Waals surface area contributed by atoms with Gasteiger partial charge in [0.05, 0.1) is 20.1 Å². The van der Waals surface area contributed by atoms with Crippen LogP contribution < -0.4 is 10.1 Å². The molecule has 2 atom stereocenters. The molecule has 0 bridgehead atoms. The molecule has 4 nitrogen and oxygen atoms in total. The second-order valence-corrected chi connectivity index (χ2v) is 5.14. The summed E-state index contributed by atoms with van der Waals surface area (Å²) in [5, 5.41) is 3.24. The number of carbonyl (C=O) groups is 1. The standard InChI is InChI=1S/C13H16BrNO3/c1-17-8-3-4-12(14)9(5-8)10-6-15-7-11(10)13(16)18-2/h3-5,10-11,15H,6-7H2,1-2H3/t10-,11+/m0/s1. The number of hydrogen-bond donors (Lipinski definition) is 1. The van der Waals surface area contributed by atoms with Crippen molar-refractivity contribution in [2.24, 2.45) is 5.92 Å². The molecular formula is C13H16BrNO3. The summed E-state index contributed by atoms with van der Waals surface area (Å²) in [7, 11) is 3.07. The quantitative estimate of drug-likeness (QED) is 0.866. The van der Waals surface area contributed by atoms with Crippen LogP contribution in [0.5, 0.6) is 5.75 Å². The Morgan fingerprint density at radius 2 is 2.17 bits per heavy atom. The summed E-state index contributed by atoms with van der Waals surface area (Å²) in [6.45, 7) is 1.42. The van der Waals surface area contributed by atoms with Crippen molar-refractivity contribution >= 4 is 21.9 Å². The van der Waals surface area contributed by atoms with Gasteiger partial charge in [-0.2, -0.15) is 0 Å². The maximum atomic E-state index is 11.8. The third-order valence-corrected chi connectivity index (χ3v) is 4.04. The second-order valence-electron chi connectivity index (χ2n) is 4.28. The number of halogens is 1. The molecule has 0 spiro atoms. The highest BCUT2D eigenvalue weighted by atomic mass is 79.9. The fourth-order valence-corrected chi connectivity index (χ4v) is 2.88. The number of ether oxygens (including phenoxy) is 2. The van der Waals surface area contributed by atoms with Gasteiger partial charge in [-0.05, 0) is 23.8 Å². The van der Waals surface area contributed by atoms with E-state index < -0.39 is 0 Å². The lowest BCUT2D eigenvalue weighted by Gasteiger charge is -2.18. The maximum Gasteiger partial charge on any atom is 0.310 e. The van der Waals surface area contributed by atoms with Crippen LogP contribution in [0, 0.1) is 5.92 Å². The fraction of sp³-hybridized carbons (Fsp3) is 0.462. The molecule has 0 aromatic heterocycles. The molecule has 0 aliphatic carbocycles. The molecule has 18 heavy (non-hydrogen) atoms. The predicted octanol–water partition coefficient (Wildman–Crippen LogP) is 1.93. The fourth-order valence-electron chi connectivity index (χ4n) is 2.34. The third kappa shape index (κ3) is 2.52. The number of nitrogens with one attached hydrogen (secondary N) is 1. The largest absolute Gasteiger partial charge is 0.497 e. The Bertz CT molecular complexity index is 450. The lowest BCUT2D eigenvalue weighted by Crippen LogP contribution is -2.23. The van der Waals surface area contributed by atoms with Gasteiger partial charge in [0.15, 0.2) is 0 Å². The summed E-state index contributed by atoms with van der Waals surface area (Å²) in [6, 6.07) is 5.81. The zero-order valence-electron chi connectivity index (χ0n) is 10.4. The van der Waals surface area contributed by atoms with Crippen molar-refractivity contribution in [2.45, 2.75) is 5.92 Å². The van der Waals surface area contributed by atoms with E-state index in [1.54, 1.807) is 7.11 Å². The van der Waals surface area contributed by atoms with Crippen LogP contribution in [0.15, 0.2) is 22.7 Å². The van der Waals surface area contributed by atoms with Crippen molar-refractivity contribution in [3.63, 3.8) is 0 Å². The van der Waals surface area contributed by atoms with E-state index in [2.05, 4.69) is 21.2 Å². The molecular weight excluding hydrogens is 298 g/mol. The van der Waals surface area contributed by atoms with Crippen molar-refractivity contribution < 1.29 is 14.3 Å². The highest BCUT2D eigenvalue weighted by molar-refractivity contribution is 9.10. The first kappa shape index (κ1) is 13.4. The second kappa shape index (κ2) is 5.71. The SMILES string of the molecule is COC(=O)[C@@H]1CNC[C@H]1c1cc(OC)ccc1Br. The lowest BCUT2D eigenvalue weighted by atomic mass is 9.89. The van der Waals surface area contributed by atoms with Crippen molar-refractivity contribution in [1.29, 1.82) is 0 Å². The van der Waals surface area contributed by atoms with Crippen molar-refractivity contribution in [3.05, 3.63) is 28.2 Å². The molecule has 1 aromatic rings. The van der Waals surface area contributed by atoms with E-state index in [4.69, 9.17) is 9.47 Å². The number of esters is 1. The molecule has 1 aromatic carbocycles. The first-order valence-corrected chi connectivity index (χ1v) is 6.58. The minimum Gasteiger partial charge on any atom is -0.497 e. The number of carbonyl (C=O) groups excluding carboxylic acids is 1. The van der Waals surface area contributed by atoms with Gasteiger partial charge in [0.2, 0.25) is 0 Å². The van der Waals surface area contributed by atoms with Gasteiger partial charge >= 0.3 is 5.97 Å². The molecule has 0 amide bonds. The molecule has 98 valence electrons. The predicted molar refractivity (Wildman–Crippen MR) is 71.8 cm³/mol. The average molecular weight is 314 g/mol. The summed E-state index contributed by atoms with van der Waals surface area (Å²) in [5.41, 5.74) is 1.08. The topological polar surface area (TPSA) is 47.6 Å². The molecule has 1 N–H and O–H groups in total. The van der Waals surface area contributed by atoms with Crippen LogP contribution in [0.3, 0.4) is 0 Å². The minimum absolute atomic E-state index is 0.113. The molecule has 0 saturated carbocycles. The summed E-state index contributed by atoms with van der Waals surface area (Å²) in [4.78, 5) is 11.8. The van der Waals surface area contributed by atoms with Gasteiger partial charge in [-0.3, -0.25) is 4.79 Å². The highest BCUT2D eigenvalue weighted by Crippen LogP contribution is 2.35. The zero-order chi connectivity index (χ0) is 13.1. The molecule has 1 heterocycles. The van der Waals surface area contributed by atoms with Gasteiger partial charge in [-0.15, -0.1) is 0 Å². The number of benzene rings is 1. The van der Waals surface area contributed by atoms with E-state index in [0.29, 0.717) is 6.54 Å². The molecule has 2 rings (SSSR count). The van der Waals surface area contributed by atoms with Crippen LogP contribution in [-0.4, -0.2) is 33.3 Å². The number of hydrogen-bond acceptors (Lipinski definition) is 4. The van der Waals surface area contributed by atoms with Crippen molar-refractivity contribution in [3.8, 4) is 5.75 Å². The normalized spacial score (nSPS) is 22.8. The van der Waals surface area contributed by atoms with Gasteiger partial charge in [-0.25, -0.2) is 0 Å². The van der Waals surface area contributed by atoms with E-state index in [9.17, 15) is 4.79 Å². The minimum atomic E-state index is -0.167. The van der Waals surface area contributed by atoms with Crippen LogP contribution in [0.25, 0.3) is 0 Å². The lowest BCUT2D eigenvalue weighted by molar-refractivity contribution is -0.145. The van der Waals surface area contributed by atoms with Gasteiger partial charge in [-0.1, -0.05) is 15.9 Å². The zero-order valence-corrected chi connectivity index (χ0v) is 12.0. The van der Waals surface area contributed by atoms with Gasteiger partial charge in [0.1, 0.15) is 5.75 Å². The first-order valence-electron chi connectivity index (χ1n) is 5.79. The number of rotatable bonds is 3. The van der Waals surface area contributed by atoms with Crippen LogP contribution in [0.1, 0.15) is 11.5 Å². The van der Waals surface area contributed by atoms with Crippen LogP contribution in [0.4, 0.5) is 0 Å². The van der Waals surface area contributed by atoms with Crippen molar-refractivity contribution in [1.82, 2.24) is 5.32 Å². The van der Waals surface area contributed by atoms with E-state index in [1.165, 1.54) is 7.11 Å². The Kier molecular flexibility index (Phi) is 4.24. The van der Waals surface area contributed by atoms with E-state index in [0.717, 1.165) is 22.3 Å². The molecule has 0 unspecified atom stereocenters. The van der Waals surface area contributed by atoms with E-state index in [-0.39, 0.29) is 17.8 Å². The monoisotopic (exact) mass is 313 g/mol. The molecule has 1 aliphatic heterocycles. The van der Waals surface area contributed by atoms with E-state index >= 15 is 0 Å². The van der Waals surface area contributed by atoms with Gasteiger partial charge in [0, 0.05) is 23.5 Å². The average Bonchev–Trinajstić information content (AvgIpc) is 2.87. The Labute approximate surface area is 115 Å². The first-order chi connectivity index (χ1) is 8.67. The van der Waals surface area contributed by atoms with Gasteiger partial charge < -0.3 is 14.8 Å². The molecule has 1 aliphatic rings. The summed E-state index contributed by atoms with van der Waals surface area (Å²) >= 11 is 3.53. The van der Waals surface area contributed by atoms with E-state index in [1.807, 2.05) is 18.2 Å². The number of methoxy groups -OCH3 is 2. The van der Waals surface area contributed by atoms with Gasteiger partial charge in [0.25, 0.3) is 0 Å².